The Bertz CT molecular complexity index is 546. The largest absolute Gasteiger partial charge is 0.308 e. The lowest BCUT2D eigenvalue weighted by atomic mass is 10.0. The zero-order chi connectivity index (χ0) is 14.4. The first-order chi connectivity index (χ1) is 9.70. The SMILES string of the molecule is CCCNC(Cc1ccc(F)c(F)c1)c1cnccn1. The maximum absolute atomic E-state index is 13.3. The molecule has 0 radical (unpaired) electrons. The molecule has 106 valence electrons. The minimum Gasteiger partial charge on any atom is -0.308 e. The number of aromatic nitrogens is 2. The van der Waals surface area contributed by atoms with Gasteiger partial charge in [-0.05, 0) is 37.1 Å². The molecule has 0 aliphatic carbocycles. The molecule has 1 N–H and O–H groups in total. The van der Waals surface area contributed by atoms with Gasteiger partial charge in [0.15, 0.2) is 11.6 Å². The van der Waals surface area contributed by atoms with Crippen LogP contribution in [-0.4, -0.2) is 16.5 Å². The normalized spacial score (nSPS) is 12.3. The molecule has 2 rings (SSSR count). The molecule has 1 heterocycles. The van der Waals surface area contributed by atoms with E-state index in [4.69, 9.17) is 0 Å². The second kappa shape index (κ2) is 7.05. The highest BCUT2D eigenvalue weighted by Crippen LogP contribution is 2.17. The zero-order valence-corrected chi connectivity index (χ0v) is 11.3. The number of rotatable bonds is 6. The minimum atomic E-state index is -0.827. The van der Waals surface area contributed by atoms with Crippen molar-refractivity contribution in [3.8, 4) is 0 Å². The molecular weight excluding hydrogens is 260 g/mol. The highest BCUT2D eigenvalue weighted by Gasteiger charge is 2.14. The van der Waals surface area contributed by atoms with Gasteiger partial charge in [0.25, 0.3) is 0 Å². The highest BCUT2D eigenvalue weighted by molar-refractivity contribution is 5.20. The van der Waals surface area contributed by atoms with E-state index in [9.17, 15) is 8.78 Å². The van der Waals surface area contributed by atoms with E-state index in [1.165, 1.54) is 6.07 Å². The van der Waals surface area contributed by atoms with E-state index in [-0.39, 0.29) is 6.04 Å². The Labute approximate surface area is 117 Å². The van der Waals surface area contributed by atoms with Crippen LogP contribution in [0.4, 0.5) is 8.78 Å². The van der Waals surface area contributed by atoms with Crippen LogP contribution in [0.15, 0.2) is 36.8 Å². The molecule has 1 aromatic heterocycles. The molecule has 1 aromatic carbocycles. The Morgan fingerprint density at radius 3 is 2.70 bits per heavy atom. The lowest BCUT2D eigenvalue weighted by Gasteiger charge is -2.17. The van der Waals surface area contributed by atoms with Crippen molar-refractivity contribution in [1.82, 2.24) is 15.3 Å². The van der Waals surface area contributed by atoms with Gasteiger partial charge in [0.1, 0.15) is 0 Å². The predicted octanol–water partition coefficient (Wildman–Crippen LogP) is 3.04. The van der Waals surface area contributed by atoms with Crippen molar-refractivity contribution in [3.63, 3.8) is 0 Å². The van der Waals surface area contributed by atoms with Crippen LogP contribution in [0.5, 0.6) is 0 Å². The predicted molar refractivity (Wildman–Crippen MR) is 73.1 cm³/mol. The van der Waals surface area contributed by atoms with Crippen LogP contribution in [0, 0.1) is 11.6 Å². The summed E-state index contributed by atoms with van der Waals surface area (Å²) in [5.74, 6) is -1.65. The summed E-state index contributed by atoms with van der Waals surface area (Å²) >= 11 is 0. The van der Waals surface area contributed by atoms with Crippen LogP contribution in [-0.2, 0) is 6.42 Å². The van der Waals surface area contributed by atoms with Crippen molar-refractivity contribution in [1.29, 1.82) is 0 Å². The first-order valence-corrected chi connectivity index (χ1v) is 6.64. The molecule has 0 aliphatic rings. The number of hydrogen-bond acceptors (Lipinski definition) is 3. The van der Waals surface area contributed by atoms with E-state index in [0.717, 1.165) is 30.3 Å². The molecule has 3 nitrogen and oxygen atoms in total. The standard InChI is InChI=1S/C15H17F2N3/c1-2-5-19-14(15-10-18-6-7-20-15)9-11-3-4-12(16)13(17)8-11/h3-4,6-8,10,14,19H,2,5,9H2,1H3. The smallest absolute Gasteiger partial charge is 0.159 e. The zero-order valence-electron chi connectivity index (χ0n) is 11.3. The Hall–Kier alpha value is -1.88. The van der Waals surface area contributed by atoms with Gasteiger partial charge in [-0.2, -0.15) is 0 Å². The monoisotopic (exact) mass is 277 g/mol. The van der Waals surface area contributed by atoms with Crippen LogP contribution < -0.4 is 5.32 Å². The Balaban J connectivity index is 2.17. The molecule has 1 atom stereocenters. The quantitative estimate of drug-likeness (QED) is 0.882. The Morgan fingerprint density at radius 2 is 2.05 bits per heavy atom. The molecule has 2 aromatic rings. The van der Waals surface area contributed by atoms with Crippen molar-refractivity contribution in [3.05, 3.63) is 59.7 Å². The molecule has 0 fully saturated rings. The van der Waals surface area contributed by atoms with Crippen molar-refractivity contribution in [2.24, 2.45) is 0 Å². The molecule has 5 heteroatoms. The average molecular weight is 277 g/mol. The van der Waals surface area contributed by atoms with Gasteiger partial charge in [0.05, 0.1) is 11.7 Å². The van der Waals surface area contributed by atoms with E-state index in [1.54, 1.807) is 24.7 Å². The number of hydrogen-bond donors (Lipinski definition) is 1. The average Bonchev–Trinajstić information content (AvgIpc) is 2.48. The number of halogens is 2. The summed E-state index contributed by atoms with van der Waals surface area (Å²) in [6, 6.07) is 3.91. The molecule has 0 spiro atoms. The first kappa shape index (κ1) is 14.5. The number of nitrogens with zero attached hydrogens (tertiary/aromatic N) is 2. The molecule has 1 unspecified atom stereocenters. The van der Waals surface area contributed by atoms with Gasteiger partial charge in [0.2, 0.25) is 0 Å². The third-order valence-electron chi connectivity index (χ3n) is 3.00. The third-order valence-corrected chi connectivity index (χ3v) is 3.00. The van der Waals surface area contributed by atoms with Gasteiger partial charge in [0, 0.05) is 18.6 Å². The van der Waals surface area contributed by atoms with Crippen LogP contribution >= 0.6 is 0 Å². The highest BCUT2D eigenvalue weighted by atomic mass is 19.2. The van der Waals surface area contributed by atoms with Gasteiger partial charge in [-0.1, -0.05) is 13.0 Å². The summed E-state index contributed by atoms with van der Waals surface area (Å²) in [7, 11) is 0. The van der Waals surface area contributed by atoms with Crippen molar-refractivity contribution in [2.45, 2.75) is 25.8 Å². The van der Waals surface area contributed by atoms with Crippen LogP contribution in [0.1, 0.15) is 30.6 Å². The van der Waals surface area contributed by atoms with Crippen molar-refractivity contribution < 1.29 is 8.78 Å². The van der Waals surface area contributed by atoms with Crippen LogP contribution in [0.25, 0.3) is 0 Å². The van der Waals surface area contributed by atoms with E-state index in [2.05, 4.69) is 22.2 Å². The molecule has 0 amide bonds. The third kappa shape index (κ3) is 3.81. The summed E-state index contributed by atoms with van der Waals surface area (Å²) in [6.07, 6.45) is 6.44. The fourth-order valence-electron chi connectivity index (χ4n) is 1.99. The second-order valence-corrected chi connectivity index (χ2v) is 4.59. The molecule has 0 saturated carbocycles. The first-order valence-electron chi connectivity index (χ1n) is 6.64. The molecule has 0 saturated heterocycles. The van der Waals surface area contributed by atoms with Gasteiger partial charge in [-0.15, -0.1) is 0 Å². The van der Waals surface area contributed by atoms with Gasteiger partial charge in [-0.25, -0.2) is 8.78 Å². The van der Waals surface area contributed by atoms with Crippen molar-refractivity contribution >= 4 is 0 Å². The Morgan fingerprint density at radius 1 is 1.20 bits per heavy atom. The van der Waals surface area contributed by atoms with Crippen LogP contribution in [0.2, 0.25) is 0 Å². The topological polar surface area (TPSA) is 37.8 Å². The summed E-state index contributed by atoms with van der Waals surface area (Å²) in [4.78, 5) is 8.33. The fourth-order valence-corrected chi connectivity index (χ4v) is 1.99. The second-order valence-electron chi connectivity index (χ2n) is 4.59. The summed E-state index contributed by atoms with van der Waals surface area (Å²) in [5.41, 5.74) is 1.52. The maximum Gasteiger partial charge on any atom is 0.159 e. The van der Waals surface area contributed by atoms with Gasteiger partial charge < -0.3 is 5.32 Å². The lowest BCUT2D eigenvalue weighted by Crippen LogP contribution is -2.25. The summed E-state index contributed by atoms with van der Waals surface area (Å²) in [6.45, 7) is 2.89. The summed E-state index contributed by atoms with van der Waals surface area (Å²) in [5, 5.41) is 3.35. The minimum absolute atomic E-state index is 0.0616. The van der Waals surface area contributed by atoms with E-state index < -0.39 is 11.6 Å². The lowest BCUT2D eigenvalue weighted by molar-refractivity contribution is 0.496. The summed E-state index contributed by atoms with van der Waals surface area (Å²) < 4.78 is 26.2. The fraction of sp³-hybridized carbons (Fsp3) is 0.333. The van der Waals surface area contributed by atoms with E-state index in [0.29, 0.717) is 6.42 Å². The molecule has 20 heavy (non-hydrogen) atoms. The van der Waals surface area contributed by atoms with Gasteiger partial charge >= 0.3 is 0 Å². The Kier molecular flexibility index (Phi) is 5.12. The van der Waals surface area contributed by atoms with E-state index in [1.807, 2.05) is 0 Å². The molecule has 0 bridgehead atoms. The maximum atomic E-state index is 13.3. The molecular formula is C15H17F2N3. The molecule has 0 aliphatic heterocycles. The van der Waals surface area contributed by atoms with E-state index >= 15 is 0 Å². The number of benzene rings is 1. The van der Waals surface area contributed by atoms with Gasteiger partial charge in [-0.3, -0.25) is 9.97 Å². The van der Waals surface area contributed by atoms with Crippen molar-refractivity contribution in [2.75, 3.05) is 6.54 Å². The number of nitrogens with one attached hydrogen (secondary N) is 1. The van der Waals surface area contributed by atoms with Crippen LogP contribution in [0.3, 0.4) is 0 Å².